The van der Waals surface area contributed by atoms with Crippen LogP contribution in [0, 0.1) is 3.57 Å². The average Bonchev–Trinajstić information content (AvgIpc) is 2.85. The minimum atomic E-state index is -0.178. The van der Waals surface area contributed by atoms with Crippen molar-refractivity contribution < 1.29 is 14.3 Å². The van der Waals surface area contributed by atoms with Gasteiger partial charge in [-0.2, -0.15) is 0 Å². The molecule has 0 saturated heterocycles. The molecule has 4 aromatic rings. The Hall–Kier alpha value is -3.32. The summed E-state index contributed by atoms with van der Waals surface area (Å²) in [5.74, 6) is 1.25. The maximum absolute atomic E-state index is 12.7. The first-order chi connectivity index (χ1) is 15.6. The van der Waals surface area contributed by atoms with Gasteiger partial charge in [0.2, 0.25) is 0 Å². The highest BCUT2D eigenvalue weighted by Gasteiger charge is 2.12. The minimum Gasteiger partial charge on any atom is -0.496 e. The van der Waals surface area contributed by atoms with E-state index in [2.05, 4.69) is 40.0 Å². The molecule has 32 heavy (non-hydrogen) atoms. The highest BCUT2D eigenvalue weighted by molar-refractivity contribution is 14.1. The van der Waals surface area contributed by atoms with Crippen LogP contribution in [0.25, 0.3) is 11.1 Å². The van der Waals surface area contributed by atoms with Gasteiger partial charge in [0.05, 0.1) is 7.11 Å². The van der Waals surface area contributed by atoms with E-state index >= 15 is 0 Å². The molecule has 0 bridgehead atoms. The van der Waals surface area contributed by atoms with Crippen LogP contribution in [0.3, 0.4) is 0 Å². The molecule has 4 nitrogen and oxygen atoms in total. The maximum Gasteiger partial charge on any atom is 0.255 e. The molecule has 5 heteroatoms. The molecule has 0 aliphatic rings. The van der Waals surface area contributed by atoms with Crippen molar-refractivity contribution in [2.45, 2.75) is 6.61 Å². The van der Waals surface area contributed by atoms with Crippen LogP contribution >= 0.6 is 22.6 Å². The Morgan fingerprint density at radius 3 is 2.22 bits per heavy atom. The molecule has 4 rings (SSSR count). The summed E-state index contributed by atoms with van der Waals surface area (Å²) in [7, 11) is 1.61. The van der Waals surface area contributed by atoms with Crippen molar-refractivity contribution in [1.29, 1.82) is 0 Å². The fourth-order valence-corrected chi connectivity index (χ4v) is 3.66. The zero-order chi connectivity index (χ0) is 22.3. The van der Waals surface area contributed by atoms with Crippen molar-refractivity contribution in [3.8, 4) is 22.6 Å². The Morgan fingerprint density at radius 1 is 0.844 bits per heavy atom. The highest BCUT2D eigenvalue weighted by atomic mass is 127. The number of rotatable bonds is 7. The Morgan fingerprint density at radius 2 is 1.53 bits per heavy atom. The van der Waals surface area contributed by atoms with Crippen molar-refractivity contribution in [2.24, 2.45) is 0 Å². The SMILES string of the molecule is COc1ccc(C(=O)Nc2ccc(I)cc2)cc1COc1ccc(-c2ccccc2)cc1. The molecule has 1 amide bonds. The molecule has 0 aliphatic carbocycles. The largest absolute Gasteiger partial charge is 0.496 e. The summed E-state index contributed by atoms with van der Waals surface area (Å²) in [6.45, 7) is 0.290. The smallest absolute Gasteiger partial charge is 0.255 e. The normalized spacial score (nSPS) is 10.4. The summed E-state index contributed by atoms with van der Waals surface area (Å²) in [6.07, 6.45) is 0. The van der Waals surface area contributed by atoms with Gasteiger partial charge >= 0.3 is 0 Å². The first kappa shape index (κ1) is 21.9. The van der Waals surface area contributed by atoms with Gasteiger partial charge in [-0.25, -0.2) is 0 Å². The van der Waals surface area contributed by atoms with Crippen molar-refractivity contribution in [2.75, 3.05) is 12.4 Å². The van der Waals surface area contributed by atoms with Crippen molar-refractivity contribution in [1.82, 2.24) is 0 Å². The van der Waals surface area contributed by atoms with E-state index in [1.807, 2.05) is 66.7 Å². The topological polar surface area (TPSA) is 47.6 Å². The third-order valence-corrected chi connectivity index (χ3v) is 5.72. The fraction of sp³-hybridized carbons (Fsp3) is 0.0741. The van der Waals surface area contributed by atoms with Crippen LogP contribution in [0.1, 0.15) is 15.9 Å². The molecule has 0 aliphatic heterocycles. The molecule has 0 heterocycles. The number of nitrogens with one attached hydrogen (secondary N) is 1. The van der Waals surface area contributed by atoms with E-state index in [9.17, 15) is 4.79 Å². The first-order valence-corrected chi connectivity index (χ1v) is 11.2. The number of halogens is 1. The van der Waals surface area contributed by atoms with E-state index in [0.29, 0.717) is 17.9 Å². The quantitative estimate of drug-likeness (QED) is 0.265. The van der Waals surface area contributed by atoms with Crippen molar-refractivity contribution >= 4 is 34.2 Å². The average molecular weight is 535 g/mol. The Kier molecular flexibility index (Phi) is 7.07. The summed E-state index contributed by atoms with van der Waals surface area (Å²) >= 11 is 2.23. The van der Waals surface area contributed by atoms with E-state index < -0.39 is 0 Å². The molecule has 0 fully saturated rings. The molecule has 1 N–H and O–H groups in total. The summed E-state index contributed by atoms with van der Waals surface area (Å²) in [5, 5.41) is 2.92. The number of carbonyl (C=O) groups is 1. The molecule has 0 atom stereocenters. The lowest BCUT2D eigenvalue weighted by Crippen LogP contribution is -2.12. The molecule has 0 saturated carbocycles. The van der Waals surface area contributed by atoms with Crippen LogP contribution in [-0.4, -0.2) is 13.0 Å². The molecule has 0 radical (unpaired) electrons. The number of benzene rings is 4. The highest BCUT2D eigenvalue weighted by Crippen LogP contribution is 2.25. The van der Waals surface area contributed by atoms with Crippen LogP contribution in [0.15, 0.2) is 97.1 Å². The summed E-state index contributed by atoms with van der Waals surface area (Å²) in [5.41, 5.74) is 4.39. The van der Waals surface area contributed by atoms with Gasteiger partial charge in [0, 0.05) is 20.4 Å². The zero-order valence-electron chi connectivity index (χ0n) is 17.5. The van der Waals surface area contributed by atoms with Crippen molar-refractivity contribution in [3.63, 3.8) is 0 Å². The lowest BCUT2D eigenvalue weighted by atomic mass is 10.1. The van der Waals surface area contributed by atoms with E-state index in [1.54, 1.807) is 25.3 Å². The monoisotopic (exact) mass is 535 g/mol. The molecule has 0 aromatic heterocycles. The van der Waals surface area contributed by atoms with Crippen molar-refractivity contribution in [3.05, 3.63) is 112 Å². The van der Waals surface area contributed by atoms with Gasteiger partial charge in [0.1, 0.15) is 18.1 Å². The van der Waals surface area contributed by atoms with Crippen LogP contribution in [-0.2, 0) is 6.61 Å². The van der Waals surface area contributed by atoms with Gasteiger partial charge < -0.3 is 14.8 Å². The van der Waals surface area contributed by atoms with Crippen LogP contribution < -0.4 is 14.8 Å². The second-order valence-corrected chi connectivity index (χ2v) is 8.41. The maximum atomic E-state index is 12.7. The molecule has 0 spiro atoms. The van der Waals surface area contributed by atoms with E-state index in [1.165, 1.54) is 0 Å². The number of amides is 1. The molecular formula is C27H22INO3. The van der Waals surface area contributed by atoms with Gasteiger partial charge in [-0.1, -0.05) is 42.5 Å². The summed E-state index contributed by atoms with van der Waals surface area (Å²) in [6, 6.07) is 31.2. The van der Waals surface area contributed by atoms with Gasteiger partial charge in [-0.3, -0.25) is 4.79 Å². The zero-order valence-corrected chi connectivity index (χ0v) is 19.7. The Bertz CT molecular complexity index is 1190. The molecule has 160 valence electrons. The number of hydrogen-bond acceptors (Lipinski definition) is 3. The van der Waals surface area contributed by atoms with Gasteiger partial charge in [-0.05, 0) is 88.3 Å². The van der Waals surface area contributed by atoms with Gasteiger partial charge in [0.15, 0.2) is 0 Å². The number of ether oxygens (including phenoxy) is 2. The van der Waals surface area contributed by atoms with E-state index in [0.717, 1.165) is 31.7 Å². The predicted molar refractivity (Wildman–Crippen MR) is 136 cm³/mol. The Labute approximate surface area is 201 Å². The third-order valence-electron chi connectivity index (χ3n) is 5.00. The third kappa shape index (κ3) is 5.48. The number of methoxy groups -OCH3 is 1. The summed E-state index contributed by atoms with van der Waals surface area (Å²) < 4.78 is 12.6. The fourth-order valence-electron chi connectivity index (χ4n) is 3.30. The van der Waals surface area contributed by atoms with E-state index in [4.69, 9.17) is 9.47 Å². The summed E-state index contributed by atoms with van der Waals surface area (Å²) in [4.78, 5) is 12.7. The molecule has 0 unspecified atom stereocenters. The molecular weight excluding hydrogens is 513 g/mol. The van der Waals surface area contributed by atoms with E-state index in [-0.39, 0.29) is 5.91 Å². The first-order valence-electron chi connectivity index (χ1n) is 10.1. The van der Waals surface area contributed by atoms with Gasteiger partial charge in [0.25, 0.3) is 5.91 Å². The second-order valence-electron chi connectivity index (χ2n) is 7.17. The molecule has 4 aromatic carbocycles. The minimum absolute atomic E-state index is 0.178. The number of hydrogen-bond donors (Lipinski definition) is 1. The second kappa shape index (κ2) is 10.3. The lowest BCUT2D eigenvalue weighted by molar-refractivity contribution is 0.102. The van der Waals surface area contributed by atoms with Crippen LogP contribution in [0.2, 0.25) is 0 Å². The van der Waals surface area contributed by atoms with Gasteiger partial charge in [-0.15, -0.1) is 0 Å². The lowest BCUT2D eigenvalue weighted by Gasteiger charge is -2.13. The Balaban J connectivity index is 1.45. The standard InChI is InChI=1S/C27H22INO3/c1-31-26-16-9-21(27(30)29-24-12-10-23(28)11-13-24)17-22(26)18-32-25-14-7-20(8-15-25)19-5-3-2-4-6-19/h2-17H,18H2,1H3,(H,29,30). The predicted octanol–water partition coefficient (Wildman–Crippen LogP) is 6.80. The van der Waals surface area contributed by atoms with Crippen LogP contribution in [0.5, 0.6) is 11.5 Å². The van der Waals surface area contributed by atoms with Crippen LogP contribution in [0.4, 0.5) is 5.69 Å². The number of carbonyl (C=O) groups excluding carboxylic acids is 1. The number of anilines is 1.